The first-order valence-corrected chi connectivity index (χ1v) is 21.3. The summed E-state index contributed by atoms with van der Waals surface area (Å²) in [4.78, 5) is 14.6. The maximum absolute atomic E-state index is 11.5. The van der Waals surface area contributed by atoms with Crippen LogP contribution in [0.3, 0.4) is 0 Å². The highest BCUT2D eigenvalue weighted by atomic mass is 32.2. The SMILES string of the molecule is C[C@H]1CC[C@@H]2[C@@H](C)[C@H]3[C@H](C[C@H]4[C@@H]5CC=C6C[C@@H](OCCOCCOCCOCC[C@@H]7SCC8NC(=O)NC87)CC[C@]6(C)[C@H]5CC[C@]34C)N2C1. The number of hydrogen-bond donors (Lipinski definition) is 2. The molecule has 0 bridgehead atoms. The molecule has 4 aliphatic carbocycles. The average Bonchev–Trinajstić information content (AvgIpc) is 3.80. The number of amides is 2. The Morgan fingerprint density at radius 3 is 2.49 bits per heavy atom. The molecule has 49 heavy (non-hydrogen) atoms. The topological polar surface area (TPSA) is 81.3 Å². The highest BCUT2D eigenvalue weighted by Gasteiger charge is 2.66. The Hall–Kier alpha value is -0.840. The van der Waals surface area contributed by atoms with Gasteiger partial charge in [0.2, 0.25) is 0 Å². The van der Waals surface area contributed by atoms with Crippen LogP contribution in [0.5, 0.6) is 0 Å². The highest BCUT2D eigenvalue weighted by molar-refractivity contribution is 8.00. The van der Waals surface area contributed by atoms with Crippen LogP contribution in [-0.2, 0) is 18.9 Å². The lowest BCUT2D eigenvalue weighted by Crippen LogP contribution is -2.51. The van der Waals surface area contributed by atoms with E-state index in [2.05, 4.69) is 49.3 Å². The summed E-state index contributed by atoms with van der Waals surface area (Å²) < 4.78 is 23.7. The van der Waals surface area contributed by atoms with Gasteiger partial charge in [-0.2, -0.15) is 11.8 Å². The van der Waals surface area contributed by atoms with Crippen molar-refractivity contribution < 1.29 is 23.7 Å². The zero-order valence-corrected chi connectivity index (χ0v) is 31.7. The van der Waals surface area contributed by atoms with Crippen molar-refractivity contribution in [2.45, 2.75) is 127 Å². The zero-order chi connectivity index (χ0) is 33.8. The predicted molar refractivity (Wildman–Crippen MR) is 195 cm³/mol. The third-order valence-corrected chi connectivity index (χ3v) is 17.0. The second-order valence-electron chi connectivity index (χ2n) is 17.9. The lowest BCUT2D eigenvalue weighted by Gasteiger charge is -2.58. The van der Waals surface area contributed by atoms with E-state index in [1.807, 2.05) is 11.8 Å². The summed E-state index contributed by atoms with van der Waals surface area (Å²) in [5.41, 5.74) is 2.63. The molecule has 0 aromatic carbocycles. The fourth-order valence-corrected chi connectivity index (χ4v) is 14.6. The first kappa shape index (κ1) is 35.2. The summed E-state index contributed by atoms with van der Waals surface area (Å²) in [5.74, 6) is 6.30. The molecule has 0 radical (unpaired) electrons. The van der Waals surface area contributed by atoms with Gasteiger partial charge in [0.15, 0.2) is 0 Å². The van der Waals surface area contributed by atoms with Gasteiger partial charge in [0.25, 0.3) is 0 Å². The molecule has 7 fully saturated rings. The molecule has 8 nitrogen and oxygen atoms in total. The second-order valence-corrected chi connectivity index (χ2v) is 19.2. The van der Waals surface area contributed by atoms with E-state index in [0.717, 1.165) is 66.2 Å². The van der Waals surface area contributed by atoms with Crippen molar-refractivity contribution in [3.8, 4) is 0 Å². The molecule has 3 saturated carbocycles. The van der Waals surface area contributed by atoms with Crippen LogP contribution >= 0.6 is 11.8 Å². The van der Waals surface area contributed by atoms with Crippen molar-refractivity contribution in [1.29, 1.82) is 0 Å². The third-order valence-electron chi connectivity index (χ3n) is 15.5. The van der Waals surface area contributed by atoms with Gasteiger partial charge in [0.05, 0.1) is 57.8 Å². The molecule has 4 heterocycles. The molecule has 0 aromatic heterocycles. The summed E-state index contributed by atoms with van der Waals surface area (Å²) >= 11 is 1.92. The number of fused-ring (bicyclic) bond motifs is 10. The second kappa shape index (κ2) is 14.5. The number of nitrogens with zero attached hydrogens (tertiary/aromatic N) is 1. The van der Waals surface area contributed by atoms with E-state index >= 15 is 0 Å². The van der Waals surface area contributed by atoms with Crippen molar-refractivity contribution in [3.63, 3.8) is 0 Å². The number of carbonyl (C=O) groups is 1. The van der Waals surface area contributed by atoms with Crippen LogP contribution < -0.4 is 10.6 Å². The van der Waals surface area contributed by atoms with Crippen molar-refractivity contribution >= 4 is 17.8 Å². The number of ether oxygens (including phenoxy) is 4. The molecule has 8 rings (SSSR count). The van der Waals surface area contributed by atoms with Crippen LogP contribution in [0.25, 0.3) is 0 Å². The van der Waals surface area contributed by atoms with Crippen LogP contribution in [0, 0.1) is 46.3 Å². The van der Waals surface area contributed by atoms with Gasteiger partial charge in [-0.15, -0.1) is 0 Å². The minimum absolute atomic E-state index is 0.0309. The van der Waals surface area contributed by atoms with Gasteiger partial charge in [-0.3, -0.25) is 4.90 Å². The summed E-state index contributed by atoms with van der Waals surface area (Å²) in [6.45, 7) is 16.2. The van der Waals surface area contributed by atoms with Crippen molar-refractivity contribution in [2.24, 2.45) is 46.3 Å². The number of thioether (sulfide) groups is 1. The molecular formula is C40H65N3O5S. The molecule has 0 spiro atoms. The third kappa shape index (κ3) is 6.55. The van der Waals surface area contributed by atoms with Gasteiger partial charge in [0.1, 0.15) is 0 Å². The Labute approximate surface area is 300 Å². The molecule has 0 aromatic rings. The molecule has 8 aliphatic rings. The first-order valence-electron chi connectivity index (χ1n) is 20.2. The smallest absolute Gasteiger partial charge is 0.315 e. The zero-order valence-electron chi connectivity index (χ0n) is 30.8. The van der Waals surface area contributed by atoms with E-state index in [4.69, 9.17) is 18.9 Å². The molecule has 4 saturated heterocycles. The van der Waals surface area contributed by atoms with E-state index in [1.165, 1.54) is 57.9 Å². The van der Waals surface area contributed by atoms with Crippen LogP contribution in [0.2, 0.25) is 0 Å². The van der Waals surface area contributed by atoms with Crippen LogP contribution in [0.15, 0.2) is 11.6 Å². The lowest BCUT2D eigenvalue weighted by molar-refractivity contribution is -0.0692. The average molecular weight is 700 g/mol. The highest BCUT2D eigenvalue weighted by Crippen LogP contribution is 2.70. The van der Waals surface area contributed by atoms with Crippen molar-refractivity contribution in [2.75, 3.05) is 58.5 Å². The number of hydrogen-bond acceptors (Lipinski definition) is 7. The molecule has 276 valence electrons. The Balaban J connectivity index is 0.721. The normalized spacial score (nSPS) is 46.9. The van der Waals surface area contributed by atoms with E-state index < -0.39 is 0 Å². The standard InChI is InChI=1S/C40H65N3O5S/c1-25-5-8-33-26(2)36-34(43(33)23-25)22-31-29-7-6-27-21-28(9-12-39(27,3)30(29)10-13-40(31,36)4)48-20-19-47-18-17-46-16-15-45-14-11-35-37-32(24-49-35)41-38(44)42-37/h6,25-26,28-37H,5,7-24H2,1-4H3,(H2,41,42,44)/t25-,26+,28-,29+,30-,31-,32?,33+,34-,35-,36-,37?,39-,40-/m0/s1. The van der Waals surface area contributed by atoms with Crippen molar-refractivity contribution in [3.05, 3.63) is 11.6 Å². The van der Waals surface area contributed by atoms with Gasteiger partial charge < -0.3 is 29.6 Å². The van der Waals surface area contributed by atoms with E-state index in [-0.39, 0.29) is 18.1 Å². The lowest BCUT2D eigenvalue weighted by atomic mass is 9.47. The number of allylic oxidation sites excluding steroid dienone is 1. The fourth-order valence-electron chi connectivity index (χ4n) is 13.2. The van der Waals surface area contributed by atoms with Crippen LogP contribution in [0.4, 0.5) is 4.79 Å². The maximum atomic E-state index is 11.5. The Kier molecular flexibility index (Phi) is 10.4. The fraction of sp³-hybridized carbons (Fsp3) is 0.925. The van der Waals surface area contributed by atoms with Crippen LogP contribution in [0.1, 0.15) is 91.9 Å². The quantitative estimate of drug-likeness (QED) is 0.133. The largest absolute Gasteiger partial charge is 0.379 e. The van der Waals surface area contributed by atoms with Gasteiger partial charge in [-0.1, -0.05) is 39.3 Å². The van der Waals surface area contributed by atoms with Gasteiger partial charge >= 0.3 is 6.03 Å². The molecule has 14 atom stereocenters. The monoisotopic (exact) mass is 699 g/mol. The Morgan fingerprint density at radius 2 is 1.67 bits per heavy atom. The number of piperidine rings is 1. The number of rotatable bonds is 13. The number of nitrogens with one attached hydrogen (secondary N) is 2. The minimum atomic E-state index is -0.0309. The van der Waals surface area contributed by atoms with E-state index in [1.54, 1.807) is 5.57 Å². The summed E-state index contributed by atoms with van der Waals surface area (Å²) in [7, 11) is 0. The molecule has 2 unspecified atom stereocenters. The van der Waals surface area contributed by atoms with Gasteiger partial charge in [-0.05, 0) is 111 Å². The molecule has 2 amide bonds. The summed E-state index contributed by atoms with van der Waals surface area (Å²) in [6, 6.07) is 2.19. The summed E-state index contributed by atoms with van der Waals surface area (Å²) in [6.07, 6.45) is 16.1. The number of urea groups is 1. The van der Waals surface area contributed by atoms with Crippen molar-refractivity contribution in [1.82, 2.24) is 15.5 Å². The summed E-state index contributed by atoms with van der Waals surface area (Å²) in [5, 5.41) is 6.46. The Morgan fingerprint density at radius 1 is 0.898 bits per heavy atom. The van der Waals surface area contributed by atoms with Gasteiger partial charge in [0, 0.05) is 36.2 Å². The predicted octanol–water partition coefficient (Wildman–Crippen LogP) is 6.28. The maximum Gasteiger partial charge on any atom is 0.315 e. The van der Waals surface area contributed by atoms with E-state index in [0.29, 0.717) is 68.4 Å². The molecule has 4 aliphatic heterocycles. The van der Waals surface area contributed by atoms with E-state index in [9.17, 15) is 4.79 Å². The Bertz CT molecular complexity index is 1220. The molecule has 2 N–H and O–H groups in total. The number of carbonyl (C=O) groups excluding carboxylic acids is 1. The first-order chi connectivity index (χ1) is 23.8. The van der Waals surface area contributed by atoms with Gasteiger partial charge in [-0.25, -0.2) is 4.79 Å². The van der Waals surface area contributed by atoms with Crippen LogP contribution in [-0.4, -0.2) is 105 Å². The molecular weight excluding hydrogens is 635 g/mol. The minimum Gasteiger partial charge on any atom is -0.379 e. The molecule has 9 heteroatoms.